The minimum atomic E-state index is -0.773. The number of hydrogen-bond donors (Lipinski definition) is 1. The summed E-state index contributed by atoms with van der Waals surface area (Å²) in [5.41, 5.74) is -0.0774. The fourth-order valence-corrected chi connectivity index (χ4v) is 3.57. The van der Waals surface area contributed by atoms with E-state index in [2.05, 4.69) is 5.32 Å². The molecule has 1 aliphatic carbocycles. The second-order valence-electron chi connectivity index (χ2n) is 7.52. The van der Waals surface area contributed by atoms with Crippen molar-refractivity contribution in [2.75, 3.05) is 31.6 Å². The van der Waals surface area contributed by atoms with E-state index in [4.69, 9.17) is 9.47 Å². The fourth-order valence-electron chi connectivity index (χ4n) is 3.57. The van der Waals surface area contributed by atoms with Gasteiger partial charge < -0.3 is 19.7 Å². The molecular weight excluding hydrogens is 344 g/mol. The molecule has 3 rings (SSSR count). The topological polar surface area (TPSA) is 67.9 Å². The van der Waals surface area contributed by atoms with Crippen LogP contribution in [0.15, 0.2) is 24.3 Å². The summed E-state index contributed by atoms with van der Waals surface area (Å²) in [4.78, 5) is 26.7. The molecule has 2 amide bonds. The maximum absolute atomic E-state index is 12.7. The Kier molecular flexibility index (Phi) is 6.37. The van der Waals surface area contributed by atoms with Crippen molar-refractivity contribution in [3.63, 3.8) is 0 Å². The van der Waals surface area contributed by atoms with Gasteiger partial charge >= 0.3 is 0 Å². The van der Waals surface area contributed by atoms with E-state index in [0.717, 1.165) is 38.8 Å². The fraction of sp³-hybridized carbons (Fsp3) is 0.619. The van der Waals surface area contributed by atoms with Crippen LogP contribution in [0.25, 0.3) is 0 Å². The summed E-state index contributed by atoms with van der Waals surface area (Å²) >= 11 is 0. The van der Waals surface area contributed by atoms with E-state index < -0.39 is 5.60 Å². The predicted octanol–water partition coefficient (Wildman–Crippen LogP) is 3.22. The second kappa shape index (κ2) is 8.74. The van der Waals surface area contributed by atoms with Gasteiger partial charge in [-0.15, -0.1) is 0 Å². The molecule has 148 valence electrons. The van der Waals surface area contributed by atoms with E-state index in [-0.39, 0.29) is 18.4 Å². The Balaban J connectivity index is 1.51. The van der Waals surface area contributed by atoms with Gasteiger partial charge in [0, 0.05) is 25.4 Å². The number of carbonyl (C=O) groups excluding carboxylic acids is 2. The lowest BCUT2D eigenvalue weighted by atomic mass is 9.99. The molecule has 2 fully saturated rings. The normalized spacial score (nSPS) is 19.3. The van der Waals surface area contributed by atoms with Gasteiger partial charge in [0.05, 0.1) is 0 Å². The lowest BCUT2D eigenvalue weighted by Crippen LogP contribution is -2.44. The molecule has 0 radical (unpaired) electrons. The number of amides is 2. The van der Waals surface area contributed by atoms with Crippen molar-refractivity contribution in [1.29, 1.82) is 0 Å². The first-order valence-corrected chi connectivity index (χ1v) is 9.99. The number of rotatable bonds is 8. The zero-order valence-electron chi connectivity index (χ0n) is 16.3. The molecular formula is C21H30N2O4. The average molecular weight is 374 g/mol. The molecule has 1 N–H and O–H groups in total. The maximum Gasteiger partial charge on any atom is 0.260 e. The molecule has 27 heavy (non-hydrogen) atoms. The number of nitrogens with one attached hydrogen (secondary N) is 1. The first kappa shape index (κ1) is 19.7. The van der Waals surface area contributed by atoms with Crippen molar-refractivity contribution in [3.8, 4) is 5.75 Å². The summed E-state index contributed by atoms with van der Waals surface area (Å²) in [5, 5.41) is 2.94. The third kappa shape index (κ3) is 5.01. The molecule has 0 bridgehead atoms. The van der Waals surface area contributed by atoms with Gasteiger partial charge in [0.25, 0.3) is 11.8 Å². The number of piperidine rings is 1. The van der Waals surface area contributed by atoms with Crippen LogP contribution < -0.4 is 10.1 Å². The third-order valence-electron chi connectivity index (χ3n) is 5.43. The molecule has 1 aliphatic heterocycles. The van der Waals surface area contributed by atoms with E-state index in [1.165, 1.54) is 6.42 Å². The molecule has 0 spiro atoms. The van der Waals surface area contributed by atoms with Crippen LogP contribution in [0, 0.1) is 5.92 Å². The zero-order valence-corrected chi connectivity index (χ0v) is 16.3. The number of carbonyl (C=O) groups is 2. The lowest BCUT2D eigenvalue weighted by molar-refractivity contribution is -0.141. The van der Waals surface area contributed by atoms with Crippen LogP contribution in [0.4, 0.5) is 5.69 Å². The Labute approximate surface area is 161 Å². The molecule has 6 nitrogen and oxygen atoms in total. The first-order chi connectivity index (χ1) is 13.0. The van der Waals surface area contributed by atoms with Crippen molar-refractivity contribution in [3.05, 3.63) is 24.3 Å². The van der Waals surface area contributed by atoms with Crippen molar-refractivity contribution >= 4 is 17.5 Å². The molecule has 0 unspecified atom stereocenters. The van der Waals surface area contributed by atoms with Gasteiger partial charge in [0.1, 0.15) is 11.4 Å². The Morgan fingerprint density at radius 2 is 1.81 bits per heavy atom. The summed E-state index contributed by atoms with van der Waals surface area (Å²) in [7, 11) is 0. The zero-order chi connectivity index (χ0) is 19.3. The summed E-state index contributed by atoms with van der Waals surface area (Å²) < 4.78 is 11.4. The van der Waals surface area contributed by atoms with Crippen LogP contribution in [-0.2, 0) is 14.3 Å². The molecule has 1 aromatic rings. The number of anilines is 1. The minimum absolute atomic E-state index is 0.0315. The number of benzene rings is 1. The van der Waals surface area contributed by atoms with Crippen LogP contribution >= 0.6 is 0 Å². The van der Waals surface area contributed by atoms with Gasteiger partial charge in [0.15, 0.2) is 6.61 Å². The van der Waals surface area contributed by atoms with E-state index in [1.807, 2.05) is 18.7 Å². The first-order valence-electron chi connectivity index (χ1n) is 9.99. The highest BCUT2D eigenvalue weighted by Gasteiger charge is 2.48. The molecule has 1 atom stereocenters. The molecule has 1 aromatic carbocycles. The second-order valence-corrected chi connectivity index (χ2v) is 7.52. The van der Waals surface area contributed by atoms with E-state index in [0.29, 0.717) is 24.0 Å². The van der Waals surface area contributed by atoms with E-state index in [9.17, 15) is 9.59 Å². The lowest BCUT2D eigenvalue weighted by Gasteiger charge is -2.28. The Morgan fingerprint density at radius 3 is 2.41 bits per heavy atom. The molecule has 6 heteroatoms. The van der Waals surface area contributed by atoms with Crippen LogP contribution in [0.3, 0.4) is 0 Å². The third-order valence-corrected chi connectivity index (χ3v) is 5.43. The van der Waals surface area contributed by atoms with Gasteiger partial charge in [-0.05, 0) is 76.1 Å². The minimum Gasteiger partial charge on any atom is -0.484 e. The van der Waals surface area contributed by atoms with Gasteiger partial charge in [-0.2, -0.15) is 0 Å². The van der Waals surface area contributed by atoms with E-state index in [1.54, 1.807) is 24.3 Å². The molecule has 1 heterocycles. The largest absolute Gasteiger partial charge is 0.484 e. The standard InChI is InChI=1S/C21H30N2O4/c1-3-27-21(2,16-7-8-16)20(25)22-17-9-11-18(12-10-17)26-15-19(24)23-13-5-4-6-14-23/h9-12,16H,3-8,13-15H2,1-2H3,(H,22,25)/t21-/m0/s1. The Hall–Kier alpha value is -2.08. The Morgan fingerprint density at radius 1 is 1.15 bits per heavy atom. The molecule has 0 aromatic heterocycles. The Bertz CT molecular complexity index is 651. The SMILES string of the molecule is CCO[C@](C)(C(=O)Nc1ccc(OCC(=O)N2CCCCC2)cc1)C1CC1. The molecule has 1 saturated carbocycles. The number of ether oxygens (including phenoxy) is 2. The monoisotopic (exact) mass is 374 g/mol. The summed E-state index contributed by atoms with van der Waals surface area (Å²) in [6.45, 7) is 5.99. The molecule has 1 saturated heterocycles. The van der Waals surface area contributed by atoms with Crippen LogP contribution in [0.2, 0.25) is 0 Å². The smallest absolute Gasteiger partial charge is 0.260 e. The number of hydrogen-bond acceptors (Lipinski definition) is 4. The van der Waals surface area contributed by atoms with Gasteiger partial charge in [-0.25, -0.2) is 0 Å². The summed E-state index contributed by atoms with van der Waals surface area (Å²) in [5.74, 6) is 0.832. The number of likely N-dealkylation sites (tertiary alicyclic amines) is 1. The highest BCUT2D eigenvalue weighted by molar-refractivity contribution is 5.97. The molecule has 2 aliphatic rings. The van der Waals surface area contributed by atoms with E-state index >= 15 is 0 Å². The van der Waals surface area contributed by atoms with Gasteiger partial charge in [0.2, 0.25) is 0 Å². The van der Waals surface area contributed by atoms with Crippen molar-refractivity contribution in [2.24, 2.45) is 5.92 Å². The average Bonchev–Trinajstić information content (AvgIpc) is 3.53. The summed E-state index contributed by atoms with van der Waals surface area (Å²) in [6, 6.07) is 7.12. The van der Waals surface area contributed by atoms with Crippen LogP contribution in [0.5, 0.6) is 5.75 Å². The van der Waals surface area contributed by atoms with Crippen molar-refractivity contribution < 1.29 is 19.1 Å². The van der Waals surface area contributed by atoms with Crippen molar-refractivity contribution in [1.82, 2.24) is 4.90 Å². The highest BCUT2D eigenvalue weighted by atomic mass is 16.5. The predicted molar refractivity (Wildman–Crippen MR) is 104 cm³/mol. The van der Waals surface area contributed by atoms with Gasteiger partial charge in [-0.1, -0.05) is 0 Å². The van der Waals surface area contributed by atoms with Crippen molar-refractivity contribution in [2.45, 2.75) is 51.6 Å². The number of nitrogens with zero attached hydrogens (tertiary/aromatic N) is 1. The summed E-state index contributed by atoms with van der Waals surface area (Å²) in [6.07, 6.45) is 5.40. The van der Waals surface area contributed by atoms with Gasteiger partial charge in [-0.3, -0.25) is 9.59 Å². The van der Waals surface area contributed by atoms with Crippen LogP contribution in [0.1, 0.15) is 46.0 Å². The quantitative estimate of drug-likeness (QED) is 0.759. The highest BCUT2D eigenvalue weighted by Crippen LogP contribution is 2.42. The van der Waals surface area contributed by atoms with Crippen LogP contribution in [-0.4, -0.2) is 48.6 Å². The maximum atomic E-state index is 12.7.